The van der Waals surface area contributed by atoms with E-state index in [0.29, 0.717) is 34.1 Å². The van der Waals surface area contributed by atoms with E-state index in [1.54, 1.807) is 31.4 Å². The van der Waals surface area contributed by atoms with Gasteiger partial charge in [-0.05, 0) is 66.9 Å². The molecule has 1 aliphatic rings. The molecular formula is C29H24F3N7O4S. The summed E-state index contributed by atoms with van der Waals surface area (Å²) in [6.45, 7) is 3.71. The standard InChI is InChI=1S/C29H24F3N7O4S/c1-17-12-23(42-3)13-18(2)25(17)39-24(40)15-44-28(39)35-27(41)36-34-14-19-4-6-20(7-5-19)26-33-16-38(37-26)21-8-10-22(11-9-21)43-29(30,31)32/h4-14,16H,15H2,1-3H3,(H,36,41)/b34-14+,35-28-. The van der Waals surface area contributed by atoms with Crippen molar-refractivity contribution in [1.29, 1.82) is 0 Å². The number of alkyl halides is 3. The zero-order valence-electron chi connectivity index (χ0n) is 23.5. The van der Waals surface area contributed by atoms with E-state index in [9.17, 15) is 22.8 Å². The van der Waals surface area contributed by atoms with Gasteiger partial charge in [0.1, 0.15) is 17.8 Å². The summed E-state index contributed by atoms with van der Waals surface area (Å²) >= 11 is 1.16. The molecule has 0 atom stereocenters. The van der Waals surface area contributed by atoms with Gasteiger partial charge in [0.2, 0.25) is 5.91 Å². The maximum Gasteiger partial charge on any atom is 0.573 e. The molecule has 0 saturated carbocycles. The van der Waals surface area contributed by atoms with Crippen LogP contribution in [0.5, 0.6) is 11.5 Å². The molecule has 226 valence electrons. The van der Waals surface area contributed by atoms with Gasteiger partial charge in [0.05, 0.1) is 30.5 Å². The fourth-order valence-corrected chi connectivity index (χ4v) is 5.22. The van der Waals surface area contributed by atoms with Gasteiger partial charge < -0.3 is 9.47 Å². The molecule has 0 radical (unpaired) electrons. The lowest BCUT2D eigenvalue weighted by atomic mass is 10.1. The molecule has 4 aromatic rings. The Morgan fingerprint density at radius 2 is 1.73 bits per heavy atom. The first-order valence-corrected chi connectivity index (χ1v) is 13.9. The highest BCUT2D eigenvalue weighted by atomic mass is 32.2. The van der Waals surface area contributed by atoms with Gasteiger partial charge in [-0.25, -0.2) is 19.9 Å². The summed E-state index contributed by atoms with van der Waals surface area (Å²) in [5.74, 6) is 0.691. The molecule has 1 saturated heterocycles. The normalized spacial score (nSPS) is 14.5. The van der Waals surface area contributed by atoms with Gasteiger partial charge in [0, 0.05) is 5.56 Å². The monoisotopic (exact) mass is 623 g/mol. The first-order chi connectivity index (χ1) is 21.0. The molecule has 0 spiro atoms. The molecule has 15 heteroatoms. The lowest BCUT2D eigenvalue weighted by Gasteiger charge is -2.21. The lowest BCUT2D eigenvalue weighted by Crippen LogP contribution is -2.32. The number of hydrogen-bond acceptors (Lipinski definition) is 8. The Balaban J connectivity index is 1.21. The zero-order chi connectivity index (χ0) is 31.4. The number of urea groups is 1. The number of halogens is 3. The molecule has 1 aromatic heterocycles. The number of aromatic nitrogens is 3. The Labute approximate surface area is 253 Å². The van der Waals surface area contributed by atoms with Crippen LogP contribution in [0.1, 0.15) is 16.7 Å². The van der Waals surface area contributed by atoms with Crippen molar-refractivity contribution >= 4 is 40.8 Å². The third-order valence-corrected chi connectivity index (χ3v) is 7.18. The Kier molecular flexibility index (Phi) is 8.66. The Morgan fingerprint density at radius 3 is 2.36 bits per heavy atom. The molecule has 1 N–H and O–H groups in total. The first kappa shape index (κ1) is 30.3. The molecule has 5 rings (SSSR count). The van der Waals surface area contributed by atoms with Crippen LogP contribution in [-0.2, 0) is 4.79 Å². The number of aryl methyl sites for hydroxylation is 2. The van der Waals surface area contributed by atoms with E-state index in [2.05, 4.69) is 30.3 Å². The number of methoxy groups -OCH3 is 1. The fourth-order valence-electron chi connectivity index (χ4n) is 4.36. The van der Waals surface area contributed by atoms with E-state index in [1.807, 2.05) is 26.0 Å². The minimum absolute atomic E-state index is 0.156. The van der Waals surface area contributed by atoms with Crippen LogP contribution in [-0.4, -0.2) is 57.3 Å². The number of amidine groups is 1. The van der Waals surface area contributed by atoms with E-state index in [0.717, 1.165) is 22.9 Å². The highest BCUT2D eigenvalue weighted by Crippen LogP contribution is 2.34. The van der Waals surface area contributed by atoms with E-state index in [4.69, 9.17) is 4.74 Å². The number of aliphatic imine (C=N–C) groups is 1. The van der Waals surface area contributed by atoms with E-state index in [1.165, 1.54) is 46.4 Å². The van der Waals surface area contributed by atoms with Crippen molar-refractivity contribution in [3.05, 3.63) is 83.7 Å². The van der Waals surface area contributed by atoms with Gasteiger partial charge in [-0.1, -0.05) is 36.0 Å². The number of carbonyl (C=O) groups is 2. The van der Waals surface area contributed by atoms with Gasteiger partial charge in [0.25, 0.3) is 0 Å². The topological polar surface area (TPSA) is 123 Å². The number of nitrogens with zero attached hydrogens (tertiary/aromatic N) is 6. The van der Waals surface area contributed by atoms with Crippen LogP contribution in [0.25, 0.3) is 17.1 Å². The van der Waals surface area contributed by atoms with Gasteiger partial charge >= 0.3 is 12.4 Å². The van der Waals surface area contributed by atoms with Crippen LogP contribution in [0, 0.1) is 13.8 Å². The summed E-state index contributed by atoms with van der Waals surface area (Å²) in [5, 5.41) is 8.58. The second-order valence-corrected chi connectivity index (χ2v) is 10.3. The van der Waals surface area contributed by atoms with Crippen LogP contribution in [0.3, 0.4) is 0 Å². The van der Waals surface area contributed by atoms with Gasteiger partial charge in [0.15, 0.2) is 11.0 Å². The third kappa shape index (κ3) is 7.06. The van der Waals surface area contributed by atoms with Crippen LogP contribution in [0.4, 0.5) is 23.7 Å². The predicted octanol–water partition coefficient (Wildman–Crippen LogP) is 5.64. The van der Waals surface area contributed by atoms with E-state index in [-0.39, 0.29) is 22.6 Å². The maximum absolute atomic E-state index is 12.7. The second kappa shape index (κ2) is 12.6. The molecule has 11 nitrogen and oxygen atoms in total. The minimum Gasteiger partial charge on any atom is -0.497 e. The number of benzene rings is 3. The Bertz CT molecular complexity index is 1730. The van der Waals surface area contributed by atoms with Crippen molar-refractivity contribution in [3.63, 3.8) is 0 Å². The summed E-state index contributed by atoms with van der Waals surface area (Å²) < 4.78 is 47.8. The van der Waals surface area contributed by atoms with E-state index < -0.39 is 12.4 Å². The van der Waals surface area contributed by atoms with Crippen molar-refractivity contribution in [1.82, 2.24) is 20.2 Å². The van der Waals surface area contributed by atoms with Crippen LogP contribution >= 0.6 is 11.8 Å². The van der Waals surface area contributed by atoms with Crippen molar-refractivity contribution in [2.75, 3.05) is 17.8 Å². The van der Waals surface area contributed by atoms with Crippen molar-refractivity contribution in [2.24, 2.45) is 10.1 Å². The van der Waals surface area contributed by atoms with E-state index >= 15 is 0 Å². The van der Waals surface area contributed by atoms with Crippen LogP contribution in [0.15, 0.2) is 77.1 Å². The molecule has 3 aromatic carbocycles. The number of thioether (sulfide) groups is 1. The number of nitrogens with one attached hydrogen (secondary N) is 1. The summed E-state index contributed by atoms with van der Waals surface area (Å²) in [7, 11) is 1.57. The minimum atomic E-state index is -4.77. The number of amides is 3. The zero-order valence-corrected chi connectivity index (χ0v) is 24.3. The Morgan fingerprint density at radius 1 is 1.05 bits per heavy atom. The van der Waals surface area contributed by atoms with Crippen molar-refractivity contribution in [3.8, 4) is 28.6 Å². The molecule has 0 bridgehead atoms. The molecular weight excluding hydrogens is 599 g/mol. The third-order valence-electron chi connectivity index (χ3n) is 6.26. The summed E-state index contributed by atoms with van der Waals surface area (Å²) in [6.07, 6.45) is -1.90. The fraction of sp³-hybridized carbons (Fsp3) is 0.172. The van der Waals surface area contributed by atoms with Crippen LogP contribution < -0.4 is 19.8 Å². The molecule has 0 unspecified atom stereocenters. The molecule has 44 heavy (non-hydrogen) atoms. The number of hydrazone groups is 1. The molecule has 1 aliphatic heterocycles. The summed E-state index contributed by atoms with van der Waals surface area (Å²) in [4.78, 5) is 34.9. The predicted molar refractivity (Wildman–Crippen MR) is 159 cm³/mol. The van der Waals surface area contributed by atoms with Gasteiger partial charge in [-0.3, -0.25) is 9.69 Å². The largest absolute Gasteiger partial charge is 0.573 e. The highest BCUT2D eigenvalue weighted by molar-refractivity contribution is 8.15. The number of hydrogen-bond donors (Lipinski definition) is 1. The number of carbonyl (C=O) groups excluding carboxylic acids is 2. The average Bonchev–Trinajstić information content (AvgIpc) is 3.60. The summed E-state index contributed by atoms with van der Waals surface area (Å²) in [6, 6.07) is 15.1. The number of rotatable bonds is 7. The molecule has 2 heterocycles. The second-order valence-electron chi connectivity index (χ2n) is 9.37. The highest BCUT2D eigenvalue weighted by Gasteiger charge is 2.33. The van der Waals surface area contributed by atoms with Crippen molar-refractivity contribution < 1.29 is 32.2 Å². The SMILES string of the molecule is COc1cc(C)c(N2C(=O)CS/C2=N\C(=O)N/N=C/c2ccc(-c3ncn(-c4ccc(OC(F)(F)F)cc4)n3)cc2)c(C)c1. The van der Waals surface area contributed by atoms with Gasteiger partial charge in [-0.2, -0.15) is 10.1 Å². The molecule has 3 amide bonds. The molecule has 0 aliphatic carbocycles. The summed E-state index contributed by atoms with van der Waals surface area (Å²) in [5.41, 5.74) is 6.47. The number of ether oxygens (including phenoxy) is 2. The smallest absolute Gasteiger partial charge is 0.497 e. The van der Waals surface area contributed by atoms with Gasteiger partial charge in [-0.15, -0.1) is 18.3 Å². The lowest BCUT2D eigenvalue weighted by molar-refractivity contribution is -0.274. The maximum atomic E-state index is 12.7. The quantitative estimate of drug-likeness (QED) is 0.209. The molecule has 1 fully saturated rings. The first-order valence-electron chi connectivity index (χ1n) is 12.9. The Hall–Kier alpha value is -5.18. The van der Waals surface area contributed by atoms with Crippen molar-refractivity contribution in [2.45, 2.75) is 20.2 Å². The number of anilines is 1. The van der Waals surface area contributed by atoms with Crippen LogP contribution in [0.2, 0.25) is 0 Å². The average molecular weight is 624 g/mol.